The lowest BCUT2D eigenvalue weighted by Gasteiger charge is -2.07. The summed E-state index contributed by atoms with van der Waals surface area (Å²) in [6.45, 7) is 1.92. The van der Waals surface area contributed by atoms with Crippen molar-refractivity contribution >= 4 is 0 Å². The Hall–Kier alpha value is -1.80. The summed E-state index contributed by atoms with van der Waals surface area (Å²) in [6, 6.07) is 18.8. The molecule has 0 spiro atoms. The molecule has 0 aliphatic heterocycles. The minimum absolute atomic E-state index is 0.810. The maximum Gasteiger partial charge on any atom is 0.119 e. The molecule has 0 saturated heterocycles. The summed E-state index contributed by atoms with van der Waals surface area (Å²) in [7, 11) is 2.00. The summed E-state index contributed by atoms with van der Waals surface area (Å²) in [5.41, 5.74) is 2.48. The number of ether oxygens (including phenoxy) is 1. The van der Waals surface area contributed by atoms with Gasteiger partial charge in [-0.05, 0) is 49.7 Å². The Labute approximate surface area is 128 Å². The third kappa shape index (κ3) is 5.60. The van der Waals surface area contributed by atoms with E-state index < -0.39 is 0 Å². The molecule has 0 radical (unpaired) electrons. The molecular formula is C19H25NO. The first-order valence-corrected chi connectivity index (χ1v) is 7.83. The zero-order chi connectivity index (χ0) is 14.8. The number of hydrogen-bond acceptors (Lipinski definition) is 2. The number of hydrogen-bond donors (Lipinski definition) is 1. The Morgan fingerprint density at radius 2 is 1.43 bits per heavy atom. The summed E-state index contributed by atoms with van der Waals surface area (Å²) < 4.78 is 5.79. The molecule has 0 unspecified atom stereocenters. The van der Waals surface area contributed by atoms with Crippen molar-refractivity contribution in [2.75, 3.05) is 20.2 Å². The molecule has 0 aromatic heterocycles. The van der Waals surface area contributed by atoms with Crippen molar-refractivity contribution in [1.82, 2.24) is 5.32 Å². The van der Waals surface area contributed by atoms with Crippen LogP contribution in [0.15, 0.2) is 54.6 Å². The molecule has 0 atom stereocenters. The highest BCUT2D eigenvalue weighted by Gasteiger charge is 1.98. The molecule has 21 heavy (non-hydrogen) atoms. The van der Waals surface area contributed by atoms with Gasteiger partial charge in [0.15, 0.2) is 0 Å². The van der Waals surface area contributed by atoms with Crippen molar-refractivity contribution in [1.29, 1.82) is 0 Å². The molecule has 2 rings (SSSR count). The average Bonchev–Trinajstić information content (AvgIpc) is 2.55. The Balaban J connectivity index is 1.71. The zero-order valence-corrected chi connectivity index (χ0v) is 12.8. The van der Waals surface area contributed by atoms with Gasteiger partial charge in [0.25, 0.3) is 0 Å². The molecule has 0 heterocycles. The molecule has 0 fully saturated rings. The third-order valence-corrected chi connectivity index (χ3v) is 3.55. The van der Waals surface area contributed by atoms with Gasteiger partial charge in [-0.15, -0.1) is 0 Å². The fourth-order valence-electron chi connectivity index (χ4n) is 2.32. The van der Waals surface area contributed by atoms with E-state index in [-0.39, 0.29) is 0 Å². The Kier molecular flexibility index (Phi) is 6.82. The van der Waals surface area contributed by atoms with E-state index in [1.807, 2.05) is 13.1 Å². The van der Waals surface area contributed by atoms with E-state index in [0.29, 0.717) is 0 Å². The predicted molar refractivity (Wildman–Crippen MR) is 89.8 cm³/mol. The van der Waals surface area contributed by atoms with E-state index in [2.05, 4.69) is 53.8 Å². The quantitative estimate of drug-likeness (QED) is 0.684. The van der Waals surface area contributed by atoms with E-state index in [0.717, 1.165) is 25.3 Å². The van der Waals surface area contributed by atoms with Crippen molar-refractivity contribution in [3.05, 3.63) is 54.6 Å². The molecule has 0 aliphatic carbocycles. The molecular weight excluding hydrogens is 258 g/mol. The molecule has 112 valence electrons. The Morgan fingerprint density at radius 3 is 2.14 bits per heavy atom. The van der Waals surface area contributed by atoms with Crippen LogP contribution in [0.3, 0.4) is 0 Å². The van der Waals surface area contributed by atoms with E-state index in [4.69, 9.17) is 4.74 Å². The summed E-state index contributed by atoms with van der Waals surface area (Å²) in [5, 5.41) is 3.17. The molecule has 1 N–H and O–H groups in total. The van der Waals surface area contributed by atoms with Gasteiger partial charge >= 0.3 is 0 Å². The van der Waals surface area contributed by atoms with Crippen molar-refractivity contribution < 1.29 is 4.74 Å². The van der Waals surface area contributed by atoms with Crippen LogP contribution in [-0.2, 0) is 0 Å². The first kappa shape index (κ1) is 15.6. The summed E-state index contributed by atoms with van der Waals surface area (Å²) in [4.78, 5) is 0. The van der Waals surface area contributed by atoms with Crippen molar-refractivity contribution in [3.63, 3.8) is 0 Å². The van der Waals surface area contributed by atoms with Crippen LogP contribution >= 0.6 is 0 Å². The number of rotatable bonds is 9. The largest absolute Gasteiger partial charge is 0.494 e. The van der Waals surface area contributed by atoms with Crippen LogP contribution in [0, 0.1) is 0 Å². The fraction of sp³-hybridized carbons (Fsp3) is 0.368. The van der Waals surface area contributed by atoms with Gasteiger partial charge in [-0.2, -0.15) is 0 Å². The second-order valence-electron chi connectivity index (χ2n) is 5.26. The molecule has 0 aliphatic rings. The number of benzene rings is 2. The van der Waals surface area contributed by atoms with Crippen LogP contribution in [0.1, 0.15) is 25.7 Å². The smallest absolute Gasteiger partial charge is 0.119 e. The summed E-state index contributed by atoms with van der Waals surface area (Å²) in [5.74, 6) is 0.963. The van der Waals surface area contributed by atoms with Gasteiger partial charge in [-0.25, -0.2) is 0 Å². The molecule has 0 saturated carbocycles. The first-order chi connectivity index (χ1) is 10.4. The highest BCUT2D eigenvalue weighted by Crippen LogP contribution is 2.22. The fourth-order valence-corrected chi connectivity index (χ4v) is 2.32. The van der Waals surface area contributed by atoms with E-state index in [1.165, 1.54) is 30.4 Å². The predicted octanol–water partition coefficient (Wildman–Crippen LogP) is 4.51. The lowest BCUT2D eigenvalue weighted by Crippen LogP contribution is -2.07. The number of unbranched alkanes of at least 4 members (excludes halogenated alkanes) is 3. The van der Waals surface area contributed by atoms with Gasteiger partial charge in [-0.3, -0.25) is 0 Å². The van der Waals surface area contributed by atoms with Crippen LogP contribution in [0.25, 0.3) is 11.1 Å². The highest BCUT2D eigenvalue weighted by molar-refractivity contribution is 5.63. The van der Waals surface area contributed by atoms with E-state index in [1.54, 1.807) is 0 Å². The van der Waals surface area contributed by atoms with E-state index in [9.17, 15) is 0 Å². The molecule has 2 aromatic rings. The lowest BCUT2D eigenvalue weighted by molar-refractivity contribution is 0.304. The number of nitrogens with one attached hydrogen (secondary N) is 1. The topological polar surface area (TPSA) is 21.3 Å². The minimum atomic E-state index is 0.810. The van der Waals surface area contributed by atoms with Gasteiger partial charge < -0.3 is 10.1 Å². The Morgan fingerprint density at radius 1 is 0.762 bits per heavy atom. The van der Waals surface area contributed by atoms with Crippen LogP contribution in [-0.4, -0.2) is 20.2 Å². The lowest BCUT2D eigenvalue weighted by atomic mass is 10.1. The van der Waals surface area contributed by atoms with Gasteiger partial charge in [-0.1, -0.05) is 55.3 Å². The maximum absolute atomic E-state index is 5.79. The second kappa shape index (κ2) is 9.19. The molecule has 2 nitrogen and oxygen atoms in total. The summed E-state index contributed by atoms with van der Waals surface area (Å²) >= 11 is 0. The third-order valence-electron chi connectivity index (χ3n) is 3.55. The standard InChI is InChI=1S/C19H25NO/c1-20-15-7-2-3-8-16-21-19-13-11-18(12-14-19)17-9-5-4-6-10-17/h4-6,9-14,20H,2-3,7-8,15-16H2,1H3. The van der Waals surface area contributed by atoms with Crippen molar-refractivity contribution in [2.24, 2.45) is 0 Å². The van der Waals surface area contributed by atoms with Crippen molar-refractivity contribution in [3.8, 4) is 16.9 Å². The average molecular weight is 283 g/mol. The minimum Gasteiger partial charge on any atom is -0.494 e. The second-order valence-corrected chi connectivity index (χ2v) is 5.26. The highest BCUT2D eigenvalue weighted by atomic mass is 16.5. The van der Waals surface area contributed by atoms with Gasteiger partial charge in [0.2, 0.25) is 0 Å². The molecule has 0 amide bonds. The molecule has 2 aromatic carbocycles. The van der Waals surface area contributed by atoms with E-state index >= 15 is 0 Å². The van der Waals surface area contributed by atoms with Gasteiger partial charge in [0, 0.05) is 0 Å². The first-order valence-electron chi connectivity index (χ1n) is 7.83. The normalized spacial score (nSPS) is 10.5. The van der Waals surface area contributed by atoms with Crippen LogP contribution < -0.4 is 10.1 Å². The molecule has 0 bridgehead atoms. The van der Waals surface area contributed by atoms with Crippen LogP contribution in [0.4, 0.5) is 0 Å². The molecule has 2 heteroatoms. The SMILES string of the molecule is CNCCCCCCOc1ccc(-c2ccccc2)cc1. The zero-order valence-electron chi connectivity index (χ0n) is 12.8. The van der Waals surface area contributed by atoms with Crippen molar-refractivity contribution in [2.45, 2.75) is 25.7 Å². The monoisotopic (exact) mass is 283 g/mol. The van der Waals surface area contributed by atoms with Crippen LogP contribution in [0.2, 0.25) is 0 Å². The van der Waals surface area contributed by atoms with Crippen LogP contribution in [0.5, 0.6) is 5.75 Å². The van der Waals surface area contributed by atoms with Gasteiger partial charge in [0.1, 0.15) is 5.75 Å². The van der Waals surface area contributed by atoms with Gasteiger partial charge in [0.05, 0.1) is 6.61 Å². The maximum atomic E-state index is 5.79. The Bertz CT molecular complexity index is 493. The summed E-state index contributed by atoms with van der Waals surface area (Å²) in [6.07, 6.45) is 4.90.